The summed E-state index contributed by atoms with van der Waals surface area (Å²) in [6.07, 6.45) is -0.578. The van der Waals surface area contributed by atoms with Gasteiger partial charge in [0.1, 0.15) is 16.6 Å². The van der Waals surface area contributed by atoms with Gasteiger partial charge in [0.25, 0.3) is 0 Å². The van der Waals surface area contributed by atoms with Crippen molar-refractivity contribution < 1.29 is 9.53 Å². The lowest BCUT2D eigenvalue weighted by molar-refractivity contribution is 0.0636. The lowest BCUT2D eigenvalue weighted by atomic mass is 10.0. The highest BCUT2D eigenvalue weighted by atomic mass is 79.9. The Labute approximate surface area is 159 Å². The summed E-state index contributed by atoms with van der Waals surface area (Å²) in [5, 5.41) is 10.6. The minimum atomic E-state index is -0.608. The summed E-state index contributed by atoms with van der Waals surface area (Å²) in [5.74, 6) is 0.0558. The van der Waals surface area contributed by atoms with Crippen molar-refractivity contribution in [3.05, 3.63) is 40.9 Å². The molecule has 3 aromatic rings. The van der Waals surface area contributed by atoms with E-state index in [1.165, 1.54) is 0 Å². The van der Waals surface area contributed by atoms with Crippen LogP contribution in [0.25, 0.3) is 22.2 Å². The molecule has 0 radical (unpaired) electrons. The number of nitrogens with one attached hydrogen (secondary N) is 1. The third-order valence-corrected chi connectivity index (χ3v) is 4.12. The summed E-state index contributed by atoms with van der Waals surface area (Å²) in [4.78, 5) is 16.4. The highest BCUT2D eigenvalue weighted by Crippen LogP contribution is 2.35. The molecule has 0 aliphatic heterocycles. The van der Waals surface area contributed by atoms with Crippen LogP contribution < -0.4 is 11.1 Å². The Bertz CT molecular complexity index is 985. The van der Waals surface area contributed by atoms with E-state index in [0.717, 1.165) is 15.6 Å². The number of fused-ring (bicyclic) bond motifs is 1. The molecule has 1 heterocycles. The molecule has 1 amide bonds. The molecular formula is C18H18BrN5O2. The topological polar surface area (TPSA) is 103 Å². The Morgan fingerprint density at radius 1 is 1.08 bits per heavy atom. The van der Waals surface area contributed by atoms with E-state index in [1.54, 1.807) is 26.8 Å². The number of aromatic nitrogens is 3. The molecule has 0 saturated heterocycles. The number of nitrogens with zero attached hydrogens (tertiary/aromatic N) is 3. The number of benzene rings is 2. The fourth-order valence-corrected chi connectivity index (χ4v) is 2.94. The maximum Gasteiger partial charge on any atom is 0.412 e. The summed E-state index contributed by atoms with van der Waals surface area (Å²) in [5.41, 5.74) is 8.30. The van der Waals surface area contributed by atoms with Gasteiger partial charge in [-0.15, -0.1) is 10.2 Å². The van der Waals surface area contributed by atoms with Crippen LogP contribution in [0, 0.1) is 0 Å². The molecule has 0 atom stereocenters. The standard InChI is InChI=1S/C18H18BrN5O2/c1-18(2,3)26-17(25)21-13-9-8-11(10-6-4-5-7-12(10)19)14-15(13)23-24-16(20)22-14/h4-9H,1-3H3,(H,21,25)(H2,20,22,24). The first kappa shape index (κ1) is 18.1. The van der Waals surface area contributed by atoms with E-state index in [0.29, 0.717) is 16.7 Å². The number of amides is 1. The summed E-state index contributed by atoms with van der Waals surface area (Å²) in [7, 11) is 0. The van der Waals surface area contributed by atoms with Gasteiger partial charge in [-0.1, -0.05) is 34.1 Å². The monoisotopic (exact) mass is 415 g/mol. The molecule has 7 nitrogen and oxygen atoms in total. The van der Waals surface area contributed by atoms with Gasteiger partial charge in [0.15, 0.2) is 0 Å². The van der Waals surface area contributed by atoms with E-state index >= 15 is 0 Å². The van der Waals surface area contributed by atoms with Crippen molar-refractivity contribution in [3.63, 3.8) is 0 Å². The van der Waals surface area contributed by atoms with Crippen LogP contribution in [-0.4, -0.2) is 26.9 Å². The molecule has 0 unspecified atom stereocenters. The molecule has 0 aliphatic rings. The molecule has 0 saturated carbocycles. The smallest absolute Gasteiger partial charge is 0.412 e. The Hall–Kier alpha value is -2.74. The van der Waals surface area contributed by atoms with Crippen LogP contribution in [0.2, 0.25) is 0 Å². The fraction of sp³-hybridized carbons (Fsp3) is 0.222. The number of hydrogen-bond acceptors (Lipinski definition) is 6. The Kier molecular flexibility index (Phi) is 4.78. The lowest BCUT2D eigenvalue weighted by Crippen LogP contribution is -2.27. The predicted molar refractivity (Wildman–Crippen MR) is 105 cm³/mol. The first-order chi connectivity index (χ1) is 12.2. The van der Waals surface area contributed by atoms with Crippen molar-refractivity contribution >= 4 is 44.7 Å². The highest BCUT2D eigenvalue weighted by Gasteiger charge is 2.19. The zero-order valence-corrected chi connectivity index (χ0v) is 16.2. The second-order valence-corrected chi connectivity index (χ2v) is 7.49. The van der Waals surface area contributed by atoms with E-state index < -0.39 is 11.7 Å². The molecule has 8 heteroatoms. The van der Waals surface area contributed by atoms with Crippen molar-refractivity contribution in [3.8, 4) is 11.1 Å². The number of ether oxygens (including phenoxy) is 1. The van der Waals surface area contributed by atoms with Crippen LogP contribution in [-0.2, 0) is 4.74 Å². The molecule has 3 rings (SSSR count). The Morgan fingerprint density at radius 3 is 2.50 bits per heavy atom. The number of rotatable bonds is 2. The summed E-state index contributed by atoms with van der Waals surface area (Å²) >= 11 is 3.54. The minimum absolute atomic E-state index is 0.0558. The van der Waals surface area contributed by atoms with Gasteiger partial charge in [-0.25, -0.2) is 9.78 Å². The zero-order valence-electron chi connectivity index (χ0n) is 14.6. The van der Waals surface area contributed by atoms with Crippen LogP contribution in [0.1, 0.15) is 20.8 Å². The maximum atomic E-state index is 12.1. The highest BCUT2D eigenvalue weighted by molar-refractivity contribution is 9.10. The summed E-state index contributed by atoms with van der Waals surface area (Å²) < 4.78 is 6.21. The molecule has 2 aromatic carbocycles. The number of hydrogen-bond donors (Lipinski definition) is 2. The Balaban J connectivity index is 2.10. The number of anilines is 2. The second kappa shape index (κ2) is 6.87. The molecule has 3 N–H and O–H groups in total. The van der Waals surface area contributed by atoms with Crippen LogP contribution in [0.4, 0.5) is 16.4 Å². The van der Waals surface area contributed by atoms with Gasteiger partial charge in [-0.3, -0.25) is 5.32 Å². The van der Waals surface area contributed by atoms with Crippen LogP contribution in [0.15, 0.2) is 40.9 Å². The van der Waals surface area contributed by atoms with Gasteiger partial charge in [-0.2, -0.15) is 0 Å². The predicted octanol–water partition coefficient (Wildman–Crippen LogP) is 4.38. The normalized spacial score (nSPS) is 11.4. The Morgan fingerprint density at radius 2 is 1.81 bits per heavy atom. The number of halogens is 1. The lowest BCUT2D eigenvalue weighted by Gasteiger charge is -2.20. The van der Waals surface area contributed by atoms with Crippen LogP contribution in [0.5, 0.6) is 0 Å². The molecule has 0 aliphatic carbocycles. The van der Waals surface area contributed by atoms with Gasteiger partial charge in [-0.05, 0) is 44.5 Å². The van der Waals surface area contributed by atoms with Gasteiger partial charge in [0.05, 0.1) is 5.69 Å². The van der Waals surface area contributed by atoms with Crippen molar-refractivity contribution in [1.29, 1.82) is 0 Å². The molecule has 134 valence electrons. The number of carbonyl (C=O) groups is 1. The molecule has 26 heavy (non-hydrogen) atoms. The van der Waals surface area contributed by atoms with Crippen LogP contribution >= 0.6 is 15.9 Å². The molecule has 1 aromatic heterocycles. The number of nitrogens with two attached hydrogens (primary N) is 1. The van der Waals surface area contributed by atoms with Crippen molar-refractivity contribution in [2.45, 2.75) is 26.4 Å². The minimum Gasteiger partial charge on any atom is -0.444 e. The second-order valence-electron chi connectivity index (χ2n) is 6.63. The van der Waals surface area contributed by atoms with E-state index in [1.807, 2.05) is 30.3 Å². The average Bonchev–Trinajstić information content (AvgIpc) is 2.54. The van der Waals surface area contributed by atoms with Crippen molar-refractivity contribution in [1.82, 2.24) is 15.2 Å². The first-order valence-corrected chi connectivity index (χ1v) is 8.72. The van der Waals surface area contributed by atoms with Gasteiger partial charge in [0.2, 0.25) is 5.95 Å². The van der Waals surface area contributed by atoms with Crippen molar-refractivity contribution in [2.75, 3.05) is 11.1 Å². The molecule has 0 bridgehead atoms. The third-order valence-electron chi connectivity index (χ3n) is 3.43. The van der Waals surface area contributed by atoms with Gasteiger partial charge in [0, 0.05) is 10.0 Å². The van der Waals surface area contributed by atoms with Crippen LogP contribution in [0.3, 0.4) is 0 Å². The molecule has 0 fully saturated rings. The third kappa shape index (κ3) is 3.91. The van der Waals surface area contributed by atoms with Gasteiger partial charge >= 0.3 is 6.09 Å². The van der Waals surface area contributed by atoms with E-state index in [4.69, 9.17) is 10.5 Å². The SMILES string of the molecule is CC(C)(C)OC(=O)Nc1ccc(-c2ccccc2Br)c2nc(N)nnc12. The first-order valence-electron chi connectivity index (χ1n) is 7.92. The van der Waals surface area contributed by atoms with E-state index in [2.05, 4.69) is 36.4 Å². The summed E-state index contributed by atoms with van der Waals surface area (Å²) in [6, 6.07) is 11.3. The molecule has 0 spiro atoms. The quantitative estimate of drug-likeness (QED) is 0.643. The van der Waals surface area contributed by atoms with E-state index in [-0.39, 0.29) is 5.95 Å². The molecular weight excluding hydrogens is 398 g/mol. The number of nitrogen functional groups attached to an aromatic ring is 1. The van der Waals surface area contributed by atoms with Crippen molar-refractivity contribution in [2.24, 2.45) is 0 Å². The maximum absolute atomic E-state index is 12.1. The zero-order chi connectivity index (χ0) is 18.9. The largest absolute Gasteiger partial charge is 0.444 e. The fourth-order valence-electron chi connectivity index (χ4n) is 2.44. The average molecular weight is 416 g/mol. The number of carbonyl (C=O) groups excluding carboxylic acids is 1. The summed E-state index contributed by atoms with van der Waals surface area (Å²) in [6.45, 7) is 5.38. The van der Waals surface area contributed by atoms with Gasteiger partial charge < -0.3 is 10.5 Å². The van der Waals surface area contributed by atoms with E-state index in [9.17, 15) is 4.79 Å².